The zero-order valence-electron chi connectivity index (χ0n) is 16.9. The maximum Gasteiger partial charge on any atom is 0.503 e. The molecule has 0 unspecified atom stereocenters. The molecule has 0 aromatic rings. The summed E-state index contributed by atoms with van der Waals surface area (Å²) in [7, 11) is 0. The van der Waals surface area contributed by atoms with Crippen LogP contribution in [0.1, 0.15) is 0 Å². The van der Waals surface area contributed by atoms with Gasteiger partial charge in [-0.05, 0) is 0 Å². The maximum absolute atomic E-state index is 8.56. The van der Waals surface area contributed by atoms with Crippen molar-refractivity contribution in [3.8, 4) is 0 Å². The predicted octanol–water partition coefficient (Wildman–Crippen LogP) is 2.16. The van der Waals surface area contributed by atoms with Gasteiger partial charge in [0.25, 0.3) is 0 Å². The average molecular weight is 575 g/mol. The van der Waals surface area contributed by atoms with Gasteiger partial charge in [-0.2, -0.15) is 0 Å². The van der Waals surface area contributed by atoms with Crippen LogP contribution in [0.2, 0.25) is 0 Å². The number of rotatable bonds is 0. The van der Waals surface area contributed by atoms with Crippen LogP contribution in [0, 0.1) is 0 Å². The van der Waals surface area contributed by atoms with E-state index in [2.05, 4.69) is 0 Å². The van der Waals surface area contributed by atoms with Crippen LogP contribution in [0.15, 0.2) is 0 Å². The summed E-state index contributed by atoms with van der Waals surface area (Å²) in [6.07, 6.45) is -16.5. The van der Waals surface area contributed by atoms with E-state index in [1.165, 1.54) is 0 Å². The van der Waals surface area contributed by atoms with E-state index in [1.54, 1.807) is 0 Å². The minimum atomic E-state index is -1.83. The average Bonchev–Trinajstić information content (AvgIpc) is 2.39. The zero-order valence-corrected chi connectivity index (χ0v) is 16.9. The first-order valence-corrected chi connectivity index (χ1v) is 5.86. The molecule has 0 bridgehead atoms. The molecule has 0 aliphatic heterocycles. The Hall–Kier alpha value is -6.61. The molecule has 0 saturated carbocycles. The highest BCUT2D eigenvalue weighted by molar-refractivity contribution is 5.55. The van der Waals surface area contributed by atoms with Crippen LogP contribution in [-0.4, -0.2) is 147 Å². The van der Waals surface area contributed by atoms with Crippen LogP contribution in [-0.2, 0) is 0 Å². The lowest BCUT2D eigenvalue weighted by Gasteiger charge is -1.60. The first-order chi connectivity index (χ1) is 15.6. The zero-order chi connectivity index (χ0) is 32.2. The normalized spacial score (nSPS) is 5.84. The molecular weight excluding hydrogens is 554 g/mol. The smallest absolute Gasteiger partial charge is 0.450 e. The summed E-state index contributed by atoms with van der Waals surface area (Å²) >= 11 is 0. The molecule has 0 radical (unpaired) electrons. The number of carboxylic acid groups (broad SMARTS) is 18. The summed E-state index contributed by atoms with van der Waals surface area (Å²) in [5.74, 6) is 0. The van der Waals surface area contributed by atoms with Crippen LogP contribution in [0.25, 0.3) is 0 Å². The first kappa shape index (κ1) is 63.1. The second-order valence-electron chi connectivity index (χ2n) is 2.54. The van der Waals surface area contributed by atoms with Gasteiger partial charge in [-0.15, -0.1) is 0 Å². The molecule has 0 aromatic heterocycles. The van der Waals surface area contributed by atoms with Crippen LogP contribution in [0.4, 0.5) is 43.2 Å². The molecule has 0 aliphatic carbocycles. The number of carbonyl (C=O) groups is 9. The van der Waals surface area contributed by atoms with Crippen molar-refractivity contribution in [2.75, 3.05) is 0 Å². The van der Waals surface area contributed by atoms with Gasteiger partial charge in [-0.25, -0.2) is 43.2 Å². The predicted molar refractivity (Wildman–Crippen MR) is 101 cm³/mol. The highest BCUT2D eigenvalue weighted by atomic mass is 16.6. The number of hydrogen-bond donors (Lipinski definition) is 19. The van der Waals surface area contributed by atoms with Gasteiger partial charge < -0.3 is 98.1 Å². The van der Waals surface area contributed by atoms with Crippen molar-refractivity contribution in [1.29, 1.82) is 0 Å². The monoisotopic (exact) mass is 575 g/mol. The van der Waals surface area contributed by atoms with Crippen molar-refractivity contribution in [3.63, 3.8) is 0 Å². The first-order valence-electron chi connectivity index (χ1n) is 5.86. The molecule has 0 amide bonds. The fourth-order valence-electron chi connectivity index (χ4n) is 0. The Labute approximate surface area is 198 Å². The molecule has 0 aliphatic rings. The molecule has 0 fully saturated rings. The van der Waals surface area contributed by atoms with Crippen molar-refractivity contribution in [2.24, 2.45) is 0 Å². The van der Waals surface area contributed by atoms with E-state index in [-0.39, 0.29) is 6.15 Å². The second kappa shape index (κ2) is 57.0. The molecule has 0 heterocycles. The van der Waals surface area contributed by atoms with Crippen molar-refractivity contribution in [3.05, 3.63) is 0 Å². The van der Waals surface area contributed by atoms with E-state index in [4.69, 9.17) is 135 Å². The van der Waals surface area contributed by atoms with E-state index in [0.29, 0.717) is 0 Å². The van der Waals surface area contributed by atoms with Gasteiger partial charge in [0.05, 0.1) is 0 Å². The van der Waals surface area contributed by atoms with Gasteiger partial charge in [-0.3, -0.25) is 0 Å². The highest BCUT2D eigenvalue weighted by Gasteiger charge is 1.73. The van der Waals surface area contributed by atoms with Crippen molar-refractivity contribution in [2.45, 2.75) is 0 Å². The van der Waals surface area contributed by atoms with Crippen LogP contribution in [0.3, 0.4) is 0 Å². The Morgan fingerprint density at radius 3 is 0.189 bits per heavy atom. The summed E-state index contributed by atoms with van der Waals surface area (Å²) in [6.45, 7) is 0. The lowest BCUT2D eigenvalue weighted by molar-refractivity contribution is 0.135. The van der Waals surface area contributed by atoms with Gasteiger partial charge in [0.1, 0.15) is 0 Å². The maximum atomic E-state index is 8.56. The van der Waals surface area contributed by atoms with Gasteiger partial charge in [0.15, 0.2) is 0 Å². The summed E-state index contributed by atoms with van der Waals surface area (Å²) in [5.41, 5.74) is 0. The Bertz CT molecular complexity index is 414. The molecule has 28 nitrogen and oxygen atoms in total. The molecule has 28 heteroatoms. The van der Waals surface area contributed by atoms with Gasteiger partial charge in [-0.1, -0.05) is 0 Å². The van der Waals surface area contributed by atoms with Crippen molar-refractivity contribution in [1.82, 2.24) is 6.15 Å². The third-order valence-corrected chi connectivity index (χ3v) is 0. The van der Waals surface area contributed by atoms with E-state index < -0.39 is 55.4 Å². The van der Waals surface area contributed by atoms with Gasteiger partial charge >= 0.3 is 55.4 Å². The van der Waals surface area contributed by atoms with Crippen LogP contribution >= 0.6 is 0 Å². The molecule has 224 valence electrons. The van der Waals surface area contributed by atoms with Crippen molar-refractivity contribution < 1.29 is 135 Å². The van der Waals surface area contributed by atoms with Gasteiger partial charge in [0.2, 0.25) is 0 Å². The fraction of sp³-hybridized carbons (Fsp3) is 0. The fourth-order valence-corrected chi connectivity index (χ4v) is 0. The largest absolute Gasteiger partial charge is 0.503 e. The van der Waals surface area contributed by atoms with Crippen LogP contribution in [0.5, 0.6) is 0 Å². The Kier molecular flexibility index (Phi) is 97.2. The molecule has 37 heavy (non-hydrogen) atoms. The molecule has 21 N–H and O–H groups in total. The summed E-state index contributed by atoms with van der Waals surface area (Å²) in [5, 5.41) is 126. The summed E-state index contributed by atoms with van der Waals surface area (Å²) in [4.78, 5) is 77.0. The summed E-state index contributed by atoms with van der Waals surface area (Å²) in [6, 6.07) is 0. The third kappa shape index (κ3) is 505. The molecule has 0 atom stereocenters. The van der Waals surface area contributed by atoms with Gasteiger partial charge in [0, 0.05) is 0 Å². The van der Waals surface area contributed by atoms with E-state index in [9.17, 15) is 0 Å². The Balaban J connectivity index is -0.0000000276. The third-order valence-electron chi connectivity index (χ3n) is 0. The Morgan fingerprint density at radius 1 is 0.189 bits per heavy atom. The molecular formula is C9H21NO27. The van der Waals surface area contributed by atoms with E-state index in [0.717, 1.165) is 0 Å². The SMILES string of the molecule is N.O=C(O)O.O=C(O)O.O=C(O)O.O=C(O)O.O=C(O)O.O=C(O)O.O=C(O)O.O=C(O)O.O=C(O)O. The lowest BCUT2D eigenvalue weighted by Crippen LogP contribution is -1.81. The second-order valence-corrected chi connectivity index (χ2v) is 2.54. The van der Waals surface area contributed by atoms with Crippen molar-refractivity contribution >= 4 is 55.4 Å². The highest BCUT2D eigenvalue weighted by Crippen LogP contribution is 1.45. The lowest BCUT2D eigenvalue weighted by atomic mass is 11.5. The molecule has 0 saturated heterocycles. The molecule has 0 rings (SSSR count). The van der Waals surface area contributed by atoms with Crippen LogP contribution < -0.4 is 6.15 Å². The Morgan fingerprint density at radius 2 is 0.189 bits per heavy atom. The number of hydrogen-bond acceptors (Lipinski definition) is 10. The van der Waals surface area contributed by atoms with E-state index >= 15 is 0 Å². The minimum Gasteiger partial charge on any atom is -0.450 e. The molecule has 0 aromatic carbocycles. The quantitative estimate of drug-likeness (QED) is 0.196. The summed E-state index contributed by atoms with van der Waals surface area (Å²) < 4.78 is 0. The minimum absolute atomic E-state index is 0. The van der Waals surface area contributed by atoms with E-state index in [1.807, 2.05) is 0 Å². The molecule has 0 spiro atoms. The topological polar surface area (TPSA) is 553 Å². The standard InChI is InChI=1S/9CH2O3.H3N/c9*2-1(3)4;/h9*(H2,2,3,4);1H3.